The van der Waals surface area contributed by atoms with Crippen LogP contribution < -0.4 is 36.0 Å². The van der Waals surface area contributed by atoms with Crippen LogP contribution >= 0.6 is 0 Å². The molecule has 0 saturated heterocycles. The second-order valence-electron chi connectivity index (χ2n) is 5.79. The summed E-state index contributed by atoms with van der Waals surface area (Å²) in [5.41, 5.74) is 5.63. The van der Waals surface area contributed by atoms with Gasteiger partial charge >= 0.3 is 143 Å². The van der Waals surface area contributed by atoms with Crippen LogP contribution in [0.4, 0.5) is 11.5 Å². The summed E-state index contributed by atoms with van der Waals surface area (Å²) in [5, 5.41) is 11.1. The topological polar surface area (TPSA) is 59.2 Å². The molecule has 0 fully saturated rings. The van der Waals surface area contributed by atoms with Crippen LogP contribution in [-0.4, -0.2) is 29.3 Å². The Bertz CT molecular complexity index is 919. The number of ether oxygens (including phenoxy) is 2. The molecule has 0 bridgehead atoms. The second kappa shape index (κ2) is 6.59. The van der Waals surface area contributed by atoms with Crippen molar-refractivity contribution in [3.63, 3.8) is 0 Å². The summed E-state index contributed by atoms with van der Waals surface area (Å²) in [6.45, 7) is 0. The third kappa shape index (κ3) is 2.84. The van der Waals surface area contributed by atoms with Gasteiger partial charge in [-0.3, -0.25) is 0 Å². The van der Waals surface area contributed by atoms with Gasteiger partial charge in [0.15, 0.2) is 0 Å². The second-order valence-corrected chi connectivity index (χ2v) is 8.11. The number of hydrogen-bond acceptors (Lipinski definition) is 4. The van der Waals surface area contributed by atoms with Gasteiger partial charge in [0.05, 0.1) is 14.2 Å². The van der Waals surface area contributed by atoms with E-state index in [0.717, 1.165) is 40.7 Å². The molecule has 0 aliphatic heterocycles. The first-order valence-electron chi connectivity index (χ1n) is 7.92. The van der Waals surface area contributed by atoms with Crippen molar-refractivity contribution < 1.29 is 30.7 Å². The van der Waals surface area contributed by atoms with Gasteiger partial charge in [0, 0.05) is 0 Å². The van der Waals surface area contributed by atoms with Gasteiger partial charge in [0.25, 0.3) is 0 Å². The number of anilines is 2. The third-order valence-electron chi connectivity index (χ3n) is 4.44. The molecule has 5 nitrogen and oxygen atoms in total. The molecule has 1 heterocycles. The van der Waals surface area contributed by atoms with Crippen molar-refractivity contribution in [1.82, 2.24) is 10.2 Å². The number of aromatic amines is 1. The molecule has 1 aromatic heterocycles. The van der Waals surface area contributed by atoms with Crippen LogP contribution in [0.2, 0.25) is 0 Å². The number of halogens is 1. The number of nitrogens with zero attached hydrogens (tertiary/aromatic N) is 1. The summed E-state index contributed by atoms with van der Waals surface area (Å²) in [5.74, 6) is 2.37. The zero-order valence-electron chi connectivity index (χ0n) is 14.3. The predicted molar refractivity (Wildman–Crippen MR) is 94.3 cm³/mol. The summed E-state index contributed by atoms with van der Waals surface area (Å²) in [6, 6.07) is 12.7. The van der Waals surface area contributed by atoms with Gasteiger partial charge in [0.2, 0.25) is 0 Å². The Balaban J connectivity index is 1.66. The van der Waals surface area contributed by atoms with Gasteiger partial charge < -0.3 is 0 Å². The van der Waals surface area contributed by atoms with Gasteiger partial charge in [-0.1, -0.05) is 0 Å². The monoisotopic (exact) mass is 448 g/mol. The molecule has 2 aromatic carbocycles. The number of benzene rings is 2. The van der Waals surface area contributed by atoms with Crippen LogP contribution in [0.1, 0.15) is 11.1 Å². The van der Waals surface area contributed by atoms with E-state index in [-0.39, 0.29) is 21.2 Å². The van der Waals surface area contributed by atoms with Crippen LogP contribution in [0.3, 0.4) is 0 Å². The number of methoxy groups -OCH3 is 2. The van der Waals surface area contributed by atoms with E-state index in [2.05, 4.69) is 44.7 Å². The number of fused-ring (bicyclic) bond motifs is 3. The van der Waals surface area contributed by atoms with Crippen molar-refractivity contribution >= 4 is 11.5 Å². The molecular formula is C19H19IN3O2-. The van der Waals surface area contributed by atoms with E-state index in [1.54, 1.807) is 14.2 Å². The average molecular weight is 448 g/mol. The molecule has 0 amide bonds. The number of alkyl halides is 1. The fraction of sp³-hybridized carbons (Fsp3) is 0.211. The van der Waals surface area contributed by atoms with E-state index in [1.165, 1.54) is 14.7 Å². The van der Waals surface area contributed by atoms with E-state index >= 15 is 0 Å². The molecule has 0 atom stereocenters. The molecule has 1 aliphatic rings. The minimum atomic E-state index is 0.125. The van der Waals surface area contributed by atoms with Crippen molar-refractivity contribution in [1.29, 1.82) is 0 Å². The first kappa shape index (κ1) is 16.3. The third-order valence-corrected chi connectivity index (χ3v) is 6.40. The van der Waals surface area contributed by atoms with Gasteiger partial charge in [-0.05, 0) is 0 Å². The van der Waals surface area contributed by atoms with Crippen molar-refractivity contribution in [3.05, 3.63) is 51.1 Å². The van der Waals surface area contributed by atoms with Gasteiger partial charge in [0.1, 0.15) is 0 Å². The maximum absolute atomic E-state index is 5.43. The fourth-order valence-corrected chi connectivity index (χ4v) is 4.23. The molecule has 6 heteroatoms. The Labute approximate surface area is 157 Å². The van der Waals surface area contributed by atoms with E-state index in [1.807, 2.05) is 12.1 Å². The van der Waals surface area contributed by atoms with Crippen LogP contribution in [0, 0.1) is 3.57 Å². The standard InChI is InChI=1S/C19H19IN3O2/c1-20-12-4-6-13(7-5-12)21-19-15-8-11-9-16(24-2)17(25-3)10-14(11)18(15)22-23-19/h4-7,9-10H,8H2,1-3H3,(H2,21,22,23)/q-1. The predicted octanol–water partition coefficient (Wildman–Crippen LogP) is 0.630. The van der Waals surface area contributed by atoms with Crippen molar-refractivity contribution in [2.75, 3.05) is 24.5 Å². The number of rotatable bonds is 5. The molecule has 2 N–H and O–H groups in total. The maximum atomic E-state index is 5.43. The molecule has 130 valence electrons. The van der Waals surface area contributed by atoms with Crippen LogP contribution in [0.5, 0.6) is 11.5 Å². The van der Waals surface area contributed by atoms with E-state index in [9.17, 15) is 0 Å². The van der Waals surface area contributed by atoms with Gasteiger partial charge in [-0.2, -0.15) is 0 Å². The normalized spacial score (nSPS) is 12.0. The average Bonchev–Trinajstić information content (AvgIpc) is 3.20. The minimum absolute atomic E-state index is 0.125. The van der Waals surface area contributed by atoms with Crippen molar-refractivity contribution in [2.24, 2.45) is 0 Å². The molecule has 0 saturated carbocycles. The Hall–Kier alpha value is -2.22. The molecule has 0 radical (unpaired) electrons. The fourth-order valence-electron chi connectivity index (χ4n) is 3.15. The van der Waals surface area contributed by atoms with Crippen LogP contribution in [-0.2, 0) is 6.42 Å². The number of nitrogens with one attached hydrogen (secondary N) is 2. The van der Waals surface area contributed by atoms with E-state index in [0.29, 0.717) is 0 Å². The number of aromatic nitrogens is 2. The molecule has 25 heavy (non-hydrogen) atoms. The summed E-state index contributed by atoms with van der Waals surface area (Å²) in [7, 11) is 3.32. The summed E-state index contributed by atoms with van der Waals surface area (Å²) < 4.78 is 12.3. The zero-order chi connectivity index (χ0) is 17.4. The Morgan fingerprint density at radius 1 is 1.08 bits per heavy atom. The van der Waals surface area contributed by atoms with Crippen molar-refractivity contribution in [3.8, 4) is 22.8 Å². The van der Waals surface area contributed by atoms with E-state index in [4.69, 9.17) is 9.47 Å². The van der Waals surface area contributed by atoms with Crippen LogP contribution in [0.25, 0.3) is 11.3 Å². The Morgan fingerprint density at radius 3 is 2.48 bits per heavy atom. The molecule has 1 aliphatic carbocycles. The Morgan fingerprint density at radius 2 is 1.80 bits per heavy atom. The summed E-state index contributed by atoms with van der Waals surface area (Å²) in [4.78, 5) is 2.27. The molecule has 4 rings (SSSR count). The van der Waals surface area contributed by atoms with Gasteiger partial charge in [-0.25, -0.2) is 0 Å². The van der Waals surface area contributed by atoms with E-state index < -0.39 is 0 Å². The molecule has 3 aromatic rings. The Kier molecular flexibility index (Phi) is 4.29. The first-order valence-corrected chi connectivity index (χ1v) is 11.2. The quantitative estimate of drug-likeness (QED) is 0.348. The van der Waals surface area contributed by atoms with Crippen LogP contribution in [0.15, 0.2) is 36.4 Å². The summed E-state index contributed by atoms with van der Waals surface area (Å²) >= 11 is 0.125. The number of hydrogen-bond donors (Lipinski definition) is 2. The SMILES string of the molecule is COc1cc2c(cc1OC)-c1[nH]nc(Nc3ccc([I-]C)cc3)c1C2. The number of H-pyrrole nitrogens is 1. The molecule has 0 unspecified atom stereocenters. The summed E-state index contributed by atoms with van der Waals surface area (Å²) in [6.07, 6.45) is 0.822. The van der Waals surface area contributed by atoms with Crippen molar-refractivity contribution in [2.45, 2.75) is 6.42 Å². The first-order chi connectivity index (χ1) is 12.2. The molecular weight excluding hydrogens is 429 g/mol. The molecule has 0 spiro atoms. The zero-order valence-corrected chi connectivity index (χ0v) is 16.5. The van der Waals surface area contributed by atoms with Gasteiger partial charge in [-0.15, -0.1) is 0 Å².